The number of benzene rings is 2. The van der Waals surface area contributed by atoms with Crippen molar-refractivity contribution in [2.24, 2.45) is 0 Å². The fraction of sp³-hybridized carbons (Fsp3) is 0. The number of sulfonamides is 1. The Bertz CT molecular complexity index is 791. The molecule has 0 aliphatic carbocycles. The first-order valence-corrected chi connectivity index (χ1v) is 7.47. The lowest BCUT2D eigenvalue weighted by Gasteiger charge is -2.08. The summed E-state index contributed by atoms with van der Waals surface area (Å²) in [6.07, 6.45) is 0. The molecule has 0 atom stereocenters. The first-order chi connectivity index (χ1) is 9.78. The van der Waals surface area contributed by atoms with Crippen molar-refractivity contribution in [3.8, 4) is 0 Å². The second-order valence-electron chi connectivity index (χ2n) is 4.13. The predicted octanol–water partition coefficient (Wildman–Crippen LogP) is 2.63. The van der Waals surface area contributed by atoms with E-state index in [1.54, 1.807) is 0 Å². The summed E-state index contributed by atoms with van der Waals surface area (Å²) in [4.78, 5) is 10.1. The Balaban J connectivity index is 2.36. The van der Waals surface area contributed by atoms with Gasteiger partial charge in [0, 0.05) is 22.8 Å². The molecule has 2 aromatic rings. The Labute approximate surface area is 125 Å². The molecule has 0 bridgehead atoms. The van der Waals surface area contributed by atoms with Crippen LogP contribution in [0.5, 0.6) is 0 Å². The molecular formula is C12H10ClN3O4S. The molecule has 9 heteroatoms. The molecule has 0 saturated carbocycles. The molecule has 21 heavy (non-hydrogen) atoms. The van der Waals surface area contributed by atoms with Crippen molar-refractivity contribution < 1.29 is 13.3 Å². The number of hydrogen-bond donors (Lipinski definition) is 2. The van der Waals surface area contributed by atoms with Gasteiger partial charge in [-0.3, -0.25) is 14.8 Å². The smallest absolute Gasteiger partial charge is 0.273 e. The fourth-order valence-corrected chi connectivity index (χ4v) is 2.87. The molecule has 3 N–H and O–H groups in total. The third-order valence-corrected chi connectivity index (χ3v) is 4.15. The van der Waals surface area contributed by atoms with Gasteiger partial charge in [-0.15, -0.1) is 0 Å². The predicted molar refractivity (Wildman–Crippen MR) is 79.8 cm³/mol. The minimum absolute atomic E-state index is 0.00558. The number of nitrogen functional groups attached to an aromatic ring is 1. The number of nitro benzene ring substituents is 1. The molecule has 2 rings (SSSR count). The first-order valence-electron chi connectivity index (χ1n) is 5.61. The van der Waals surface area contributed by atoms with Crippen molar-refractivity contribution in [1.82, 2.24) is 0 Å². The number of hydrogen-bond acceptors (Lipinski definition) is 5. The highest BCUT2D eigenvalue weighted by Gasteiger charge is 2.16. The number of nitrogens with one attached hydrogen (secondary N) is 1. The minimum atomic E-state index is -3.88. The zero-order valence-electron chi connectivity index (χ0n) is 10.5. The summed E-state index contributed by atoms with van der Waals surface area (Å²) in [6.45, 7) is 0. The molecule has 7 nitrogen and oxygen atoms in total. The van der Waals surface area contributed by atoms with E-state index in [-0.39, 0.29) is 21.3 Å². The summed E-state index contributed by atoms with van der Waals surface area (Å²) in [7, 11) is -3.88. The van der Waals surface area contributed by atoms with E-state index < -0.39 is 14.9 Å². The largest absolute Gasteiger partial charge is 0.399 e. The fourth-order valence-electron chi connectivity index (χ4n) is 1.60. The van der Waals surface area contributed by atoms with Gasteiger partial charge >= 0.3 is 0 Å². The average molecular weight is 328 g/mol. The second kappa shape index (κ2) is 5.58. The lowest BCUT2D eigenvalue weighted by Crippen LogP contribution is -2.13. The normalized spacial score (nSPS) is 11.1. The van der Waals surface area contributed by atoms with Gasteiger partial charge in [-0.25, -0.2) is 8.42 Å². The number of nitrogens with zero attached hydrogens (tertiary/aromatic N) is 1. The average Bonchev–Trinajstić information content (AvgIpc) is 2.37. The number of halogens is 1. The van der Waals surface area contributed by atoms with Gasteiger partial charge in [0.05, 0.1) is 15.5 Å². The van der Waals surface area contributed by atoms with E-state index in [0.29, 0.717) is 5.69 Å². The van der Waals surface area contributed by atoms with Gasteiger partial charge in [-0.1, -0.05) is 11.6 Å². The van der Waals surface area contributed by atoms with Crippen molar-refractivity contribution >= 4 is 38.7 Å². The summed E-state index contributed by atoms with van der Waals surface area (Å²) in [5, 5.41) is 10.8. The molecule has 0 spiro atoms. The van der Waals surface area contributed by atoms with E-state index in [4.69, 9.17) is 17.3 Å². The Morgan fingerprint density at radius 2 is 1.76 bits per heavy atom. The van der Waals surface area contributed by atoms with Gasteiger partial charge in [0.25, 0.3) is 15.7 Å². The van der Waals surface area contributed by atoms with Gasteiger partial charge in [0.2, 0.25) is 0 Å². The maximum Gasteiger partial charge on any atom is 0.273 e. The van der Waals surface area contributed by atoms with E-state index >= 15 is 0 Å². The maximum absolute atomic E-state index is 12.1. The Morgan fingerprint density at radius 1 is 1.14 bits per heavy atom. The SMILES string of the molecule is Nc1ccc(S(=O)(=O)Nc2cc(Cl)cc([N+](=O)[O-])c2)cc1. The van der Waals surface area contributed by atoms with E-state index in [1.807, 2.05) is 0 Å². The topological polar surface area (TPSA) is 115 Å². The molecule has 0 unspecified atom stereocenters. The molecule has 0 aliphatic heterocycles. The van der Waals surface area contributed by atoms with Crippen LogP contribution in [0.2, 0.25) is 5.02 Å². The molecule has 2 aromatic carbocycles. The van der Waals surface area contributed by atoms with Gasteiger partial charge in [-0.05, 0) is 30.3 Å². The molecule has 0 aliphatic rings. The molecule has 0 aromatic heterocycles. The highest BCUT2D eigenvalue weighted by Crippen LogP contribution is 2.26. The number of nitrogens with two attached hydrogens (primary N) is 1. The third kappa shape index (κ3) is 3.61. The summed E-state index contributed by atoms with van der Waals surface area (Å²) in [5.41, 5.74) is 5.61. The zero-order chi connectivity index (χ0) is 15.6. The van der Waals surface area contributed by atoms with E-state index in [9.17, 15) is 18.5 Å². The maximum atomic E-state index is 12.1. The Morgan fingerprint density at radius 3 is 2.33 bits per heavy atom. The number of rotatable bonds is 4. The van der Waals surface area contributed by atoms with Crippen LogP contribution < -0.4 is 10.5 Å². The molecule has 0 radical (unpaired) electrons. The van der Waals surface area contributed by atoms with E-state index in [1.165, 1.54) is 30.3 Å². The third-order valence-electron chi connectivity index (χ3n) is 2.54. The Kier molecular flexibility index (Phi) is 4.01. The molecular weight excluding hydrogens is 318 g/mol. The first kappa shape index (κ1) is 15.1. The van der Waals surface area contributed by atoms with Crippen molar-refractivity contribution in [2.45, 2.75) is 4.90 Å². The lowest BCUT2D eigenvalue weighted by atomic mass is 10.3. The summed E-state index contributed by atoms with van der Waals surface area (Å²) >= 11 is 5.73. The quantitative estimate of drug-likeness (QED) is 0.508. The van der Waals surface area contributed by atoms with E-state index in [0.717, 1.165) is 12.1 Å². The van der Waals surface area contributed by atoms with Crippen LogP contribution in [0.3, 0.4) is 0 Å². The van der Waals surface area contributed by atoms with Gasteiger partial charge in [0.15, 0.2) is 0 Å². The van der Waals surface area contributed by atoms with Crippen molar-refractivity contribution in [3.05, 3.63) is 57.6 Å². The van der Waals surface area contributed by atoms with Crippen molar-refractivity contribution in [2.75, 3.05) is 10.5 Å². The zero-order valence-corrected chi connectivity index (χ0v) is 12.1. The monoisotopic (exact) mass is 327 g/mol. The van der Waals surface area contributed by atoms with Crippen LogP contribution in [0.15, 0.2) is 47.4 Å². The minimum Gasteiger partial charge on any atom is -0.399 e. The van der Waals surface area contributed by atoms with Crippen LogP contribution in [-0.4, -0.2) is 13.3 Å². The number of anilines is 2. The van der Waals surface area contributed by atoms with E-state index in [2.05, 4.69) is 4.72 Å². The highest BCUT2D eigenvalue weighted by molar-refractivity contribution is 7.92. The van der Waals surface area contributed by atoms with Crippen LogP contribution in [0.25, 0.3) is 0 Å². The molecule has 0 heterocycles. The van der Waals surface area contributed by atoms with Gasteiger partial charge in [0.1, 0.15) is 0 Å². The standard InChI is InChI=1S/C12H10ClN3O4S/c13-8-5-10(7-11(6-8)16(17)18)15-21(19,20)12-3-1-9(14)2-4-12/h1-7,15H,14H2. The van der Waals surface area contributed by atoms with Crippen LogP contribution in [0.4, 0.5) is 17.1 Å². The van der Waals surface area contributed by atoms with Gasteiger partial charge in [-0.2, -0.15) is 0 Å². The lowest BCUT2D eigenvalue weighted by molar-refractivity contribution is -0.384. The van der Waals surface area contributed by atoms with Crippen molar-refractivity contribution in [1.29, 1.82) is 0 Å². The van der Waals surface area contributed by atoms with Crippen LogP contribution >= 0.6 is 11.6 Å². The molecule has 110 valence electrons. The number of non-ortho nitro benzene ring substituents is 1. The summed E-state index contributed by atoms with van der Waals surface area (Å²) in [6, 6.07) is 9.03. The van der Waals surface area contributed by atoms with Crippen LogP contribution in [0.1, 0.15) is 0 Å². The van der Waals surface area contributed by atoms with Crippen molar-refractivity contribution in [3.63, 3.8) is 0 Å². The molecule has 0 saturated heterocycles. The molecule has 0 amide bonds. The summed E-state index contributed by atoms with van der Waals surface area (Å²) in [5.74, 6) is 0. The van der Waals surface area contributed by atoms with Crippen LogP contribution in [0, 0.1) is 10.1 Å². The number of nitro groups is 1. The second-order valence-corrected chi connectivity index (χ2v) is 6.25. The van der Waals surface area contributed by atoms with Crippen LogP contribution in [-0.2, 0) is 10.0 Å². The van der Waals surface area contributed by atoms with Gasteiger partial charge < -0.3 is 5.73 Å². The Hall–Kier alpha value is -2.32. The highest BCUT2D eigenvalue weighted by atomic mass is 35.5. The summed E-state index contributed by atoms with van der Waals surface area (Å²) < 4.78 is 26.5. The molecule has 0 fully saturated rings.